The molecule has 0 aromatic carbocycles. The Morgan fingerprint density at radius 2 is 2.10 bits per heavy atom. The molecule has 1 amide bonds. The normalized spacial score (nSPS) is 18.6. The van der Waals surface area contributed by atoms with Crippen LogP contribution in [0.4, 0.5) is 16.0 Å². The first-order valence-corrected chi connectivity index (χ1v) is 6.69. The minimum Gasteiger partial charge on any atom is -0.342 e. The molecule has 0 radical (unpaired) electrons. The van der Waals surface area contributed by atoms with Crippen molar-refractivity contribution in [3.63, 3.8) is 0 Å². The van der Waals surface area contributed by atoms with Crippen molar-refractivity contribution < 1.29 is 9.18 Å². The SMILES string of the molecule is O=C1[C@H](Nc2ncc(F)cn2)CCCN1c1cccnc1. The summed E-state index contributed by atoms with van der Waals surface area (Å²) in [6, 6.07) is 3.23. The Labute approximate surface area is 121 Å². The topological polar surface area (TPSA) is 71.0 Å². The fraction of sp³-hybridized carbons (Fsp3) is 0.286. The predicted octanol–water partition coefficient (Wildman–Crippen LogP) is 1.62. The van der Waals surface area contributed by atoms with Gasteiger partial charge >= 0.3 is 0 Å². The number of anilines is 2. The van der Waals surface area contributed by atoms with Crippen molar-refractivity contribution in [3.8, 4) is 0 Å². The van der Waals surface area contributed by atoms with E-state index in [0.717, 1.165) is 24.5 Å². The molecule has 0 saturated carbocycles. The van der Waals surface area contributed by atoms with Crippen LogP contribution < -0.4 is 10.2 Å². The standard InChI is InChI=1S/C14H14FN5O/c15-10-7-17-14(18-8-10)19-12-4-2-6-20(13(12)21)11-3-1-5-16-9-11/h1,3,5,7-9,12H,2,4,6H2,(H,17,18,19)/t12-/m1/s1. The lowest BCUT2D eigenvalue weighted by atomic mass is 10.0. The number of carbonyl (C=O) groups is 1. The van der Waals surface area contributed by atoms with Crippen LogP contribution in [-0.2, 0) is 4.79 Å². The number of nitrogens with zero attached hydrogens (tertiary/aromatic N) is 4. The first-order valence-electron chi connectivity index (χ1n) is 6.69. The summed E-state index contributed by atoms with van der Waals surface area (Å²) >= 11 is 0. The molecule has 0 aliphatic carbocycles. The van der Waals surface area contributed by atoms with Gasteiger partial charge in [-0.15, -0.1) is 0 Å². The Bertz CT molecular complexity index is 619. The fourth-order valence-corrected chi connectivity index (χ4v) is 2.32. The number of hydrogen-bond acceptors (Lipinski definition) is 5. The third-order valence-corrected chi connectivity index (χ3v) is 3.32. The monoisotopic (exact) mass is 287 g/mol. The summed E-state index contributed by atoms with van der Waals surface area (Å²) in [5.74, 6) is -0.308. The number of amides is 1. The fourth-order valence-electron chi connectivity index (χ4n) is 2.32. The van der Waals surface area contributed by atoms with Crippen LogP contribution in [0.3, 0.4) is 0 Å². The second kappa shape index (κ2) is 5.82. The molecule has 1 fully saturated rings. The van der Waals surface area contributed by atoms with Crippen LogP contribution in [0, 0.1) is 5.82 Å². The van der Waals surface area contributed by atoms with Gasteiger partial charge in [-0.05, 0) is 25.0 Å². The molecule has 21 heavy (non-hydrogen) atoms. The second-order valence-electron chi connectivity index (χ2n) is 4.77. The maximum atomic E-state index is 12.8. The van der Waals surface area contributed by atoms with E-state index in [1.807, 2.05) is 6.07 Å². The highest BCUT2D eigenvalue weighted by molar-refractivity contribution is 5.99. The molecule has 3 rings (SSSR count). The second-order valence-corrected chi connectivity index (χ2v) is 4.77. The predicted molar refractivity (Wildman–Crippen MR) is 75.2 cm³/mol. The van der Waals surface area contributed by atoms with Crippen LogP contribution in [0.1, 0.15) is 12.8 Å². The average molecular weight is 287 g/mol. The van der Waals surface area contributed by atoms with E-state index in [1.54, 1.807) is 23.4 Å². The third-order valence-electron chi connectivity index (χ3n) is 3.32. The Hall–Kier alpha value is -2.57. The van der Waals surface area contributed by atoms with Gasteiger partial charge in [0.2, 0.25) is 11.9 Å². The van der Waals surface area contributed by atoms with E-state index in [9.17, 15) is 9.18 Å². The number of aromatic nitrogens is 3. The molecule has 3 heterocycles. The smallest absolute Gasteiger partial charge is 0.249 e. The van der Waals surface area contributed by atoms with Gasteiger partial charge in [0.1, 0.15) is 6.04 Å². The summed E-state index contributed by atoms with van der Waals surface area (Å²) < 4.78 is 12.8. The van der Waals surface area contributed by atoms with Crippen LogP contribution in [0.15, 0.2) is 36.9 Å². The first-order chi connectivity index (χ1) is 10.2. The van der Waals surface area contributed by atoms with Crippen LogP contribution in [-0.4, -0.2) is 33.4 Å². The number of nitrogens with one attached hydrogen (secondary N) is 1. The highest BCUT2D eigenvalue weighted by atomic mass is 19.1. The van der Waals surface area contributed by atoms with Gasteiger partial charge in [0.15, 0.2) is 5.82 Å². The quantitative estimate of drug-likeness (QED) is 0.928. The van der Waals surface area contributed by atoms with Crippen molar-refractivity contribution in [3.05, 3.63) is 42.7 Å². The Kier molecular flexibility index (Phi) is 3.72. The van der Waals surface area contributed by atoms with Gasteiger partial charge in [-0.1, -0.05) is 0 Å². The van der Waals surface area contributed by atoms with Gasteiger partial charge in [-0.2, -0.15) is 0 Å². The molecule has 1 aliphatic rings. The molecule has 0 unspecified atom stereocenters. The summed E-state index contributed by atoms with van der Waals surface area (Å²) in [7, 11) is 0. The summed E-state index contributed by atoms with van der Waals surface area (Å²) in [4.78, 5) is 25.9. The van der Waals surface area contributed by atoms with Gasteiger partial charge in [0, 0.05) is 12.7 Å². The van der Waals surface area contributed by atoms with E-state index < -0.39 is 11.9 Å². The minimum atomic E-state index is -0.507. The highest BCUT2D eigenvalue weighted by Crippen LogP contribution is 2.21. The zero-order valence-electron chi connectivity index (χ0n) is 11.2. The molecule has 2 aromatic rings. The summed E-state index contributed by atoms with van der Waals surface area (Å²) in [5, 5.41) is 2.96. The van der Waals surface area contributed by atoms with Crippen molar-refractivity contribution in [2.75, 3.05) is 16.8 Å². The van der Waals surface area contributed by atoms with Gasteiger partial charge in [0.05, 0.1) is 24.3 Å². The van der Waals surface area contributed by atoms with Crippen molar-refractivity contribution in [2.24, 2.45) is 0 Å². The molecule has 1 atom stereocenters. The van der Waals surface area contributed by atoms with E-state index in [4.69, 9.17) is 0 Å². The summed E-state index contributed by atoms with van der Waals surface area (Å²) in [5.41, 5.74) is 0.772. The van der Waals surface area contributed by atoms with Crippen LogP contribution >= 0.6 is 0 Å². The Balaban J connectivity index is 1.74. The number of pyridine rings is 1. The van der Waals surface area contributed by atoms with Crippen LogP contribution in [0.2, 0.25) is 0 Å². The van der Waals surface area contributed by atoms with Gasteiger partial charge in [0.25, 0.3) is 0 Å². The van der Waals surface area contributed by atoms with Gasteiger partial charge < -0.3 is 10.2 Å². The summed E-state index contributed by atoms with van der Waals surface area (Å²) in [6.07, 6.45) is 7.02. The number of carbonyl (C=O) groups excluding carboxylic acids is 1. The van der Waals surface area contributed by atoms with E-state index in [0.29, 0.717) is 13.0 Å². The van der Waals surface area contributed by atoms with Crippen molar-refractivity contribution in [1.82, 2.24) is 15.0 Å². The molecule has 1 aliphatic heterocycles. The minimum absolute atomic E-state index is 0.0535. The van der Waals surface area contributed by atoms with Crippen LogP contribution in [0.25, 0.3) is 0 Å². The average Bonchev–Trinajstić information content (AvgIpc) is 2.52. The van der Waals surface area contributed by atoms with Crippen molar-refractivity contribution in [2.45, 2.75) is 18.9 Å². The number of halogens is 1. The molecule has 2 aromatic heterocycles. The largest absolute Gasteiger partial charge is 0.342 e. The van der Waals surface area contributed by atoms with E-state index in [-0.39, 0.29) is 11.9 Å². The number of hydrogen-bond donors (Lipinski definition) is 1. The summed E-state index contributed by atoms with van der Waals surface area (Å²) in [6.45, 7) is 0.660. The molecule has 0 bridgehead atoms. The Morgan fingerprint density at radius 3 is 2.81 bits per heavy atom. The number of rotatable bonds is 3. The lowest BCUT2D eigenvalue weighted by molar-refractivity contribution is -0.120. The molecular weight excluding hydrogens is 273 g/mol. The zero-order valence-corrected chi connectivity index (χ0v) is 11.2. The maximum Gasteiger partial charge on any atom is 0.249 e. The third kappa shape index (κ3) is 2.96. The van der Waals surface area contributed by atoms with Crippen LogP contribution in [0.5, 0.6) is 0 Å². The van der Waals surface area contributed by atoms with Gasteiger partial charge in [-0.25, -0.2) is 14.4 Å². The van der Waals surface area contributed by atoms with Crippen molar-refractivity contribution >= 4 is 17.5 Å². The molecular formula is C14H14FN5O. The van der Waals surface area contributed by atoms with E-state index in [1.165, 1.54) is 0 Å². The zero-order chi connectivity index (χ0) is 14.7. The number of piperidine rings is 1. The molecule has 7 heteroatoms. The van der Waals surface area contributed by atoms with Crippen molar-refractivity contribution in [1.29, 1.82) is 0 Å². The lowest BCUT2D eigenvalue weighted by Crippen LogP contribution is -2.48. The van der Waals surface area contributed by atoms with Gasteiger partial charge in [-0.3, -0.25) is 9.78 Å². The molecule has 1 saturated heterocycles. The lowest BCUT2D eigenvalue weighted by Gasteiger charge is -2.32. The maximum absolute atomic E-state index is 12.8. The Morgan fingerprint density at radius 1 is 1.29 bits per heavy atom. The molecule has 0 spiro atoms. The molecule has 6 nitrogen and oxygen atoms in total. The first kappa shape index (κ1) is 13.4. The molecule has 1 N–H and O–H groups in total. The molecule has 108 valence electrons. The van der Waals surface area contributed by atoms with E-state index >= 15 is 0 Å². The van der Waals surface area contributed by atoms with E-state index in [2.05, 4.69) is 20.3 Å². The highest BCUT2D eigenvalue weighted by Gasteiger charge is 2.30.